The van der Waals surface area contributed by atoms with Crippen LogP contribution in [0.4, 0.5) is 0 Å². The first kappa shape index (κ1) is 14.8. The third kappa shape index (κ3) is 1.66. The third-order valence-electron chi connectivity index (χ3n) is 5.80. The van der Waals surface area contributed by atoms with E-state index in [9.17, 15) is 4.79 Å². The molecule has 0 radical (unpaired) electrons. The first-order valence-electron chi connectivity index (χ1n) is 8.18. The van der Waals surface area contributed by atoms with E-state index in [1.165, 1.54) is 6.33 Å². The number of fused-ring (bicyclic) bond motifs is 4. The summed E-state index contributed by atoms with van der Waals surface area (Å²) in [4.78, 5) is 20.4. The lowest BCUT2D eigenvalue weighted by molar-refractivity contribution is -0.161. The molecule has 24 heavy (non-hydrogen) atoms. The topological polar surface area (TPSA) is 66.2 Å². The molecule has 3 heterocycles. The number of carbonyl (C=O) groups excluding carboxylic acids is 1. The molecule has 2 saturated carbocycles. The van der Waals surface area contributed by atoms with Crippen LogP contribution in [0.1, 0.15) is 32.0 Å². The Morgan fingerprint density at radius 2 is 2.17 bits per heavy atom. The average Bonchev–Trinajstić information content (AvgIpc) is 2.92. The van der Waals surface area contributed by atoms with E-state index >= 15 is 0 Å². The van der Waals surface area contributed by atoms with Crippen molar-refractivity contribution in [3.63, 3.8) is 0 Å². The predicted octanol–water partition coefficient (Wildman–Crippen LogP) is 2.67. The van der Waals surface area contributed by atoms with E-state index in [4.69, 9.17) is 21.1 Å². The highest BCUT2D eigenvalue weighted by molar-refractivity contribution is 6.33. The van der Waals surface area contributed by atoms with E-state index in [0.29, 0.717) is 5.15 Å². The number of carbonyl (C=O) groups is 1. The Morgan fingerprint density at radius 3 is 2.92 bits per heavy atom. The second-order valence-corrected chi connectivity index (χ2v) is 7.97. The van der Waals surface area contributed by atoms with Gasteiger partial charge in [0.25, 0.3) is 0 Å². The van der Waals surface area contributed by atoms with Gasteiger partial charge in [-0.2, -0.15) is 0 Å². The maximum absolute atomic E-state index is 11.9. The fourth-order valence-corrected chi connectivity index (χ4v) is 4.99. The normalized spacial score (nSPS) is 39.0. The Morgan fingerprint density at radius 1 is 1.38 bits per heavy atom. The van der Waals surface area contributed by atoms with Crippen molar-refractivity contribution < 1.29 is 14.3 Å². The summed E-state index contributed by atoms with van der Waals surface area (Å²) >= 11 is 6.23. The van der Waals surface area contributed by atoms with E-state index in [1.807, 2.05) is 26.8 Å². The molecule has 1 aliphatic heterocycles. The summed E-state index contributed by atoms with van der Waals surface area (Å²) < 4.78 is 14.5. The van der Waals surface area contributed by atoms with Gasteiger partial charge in [0.15, 0.2) is 5.79 Å². The van der Waals surface area contributed by atoms with Gasteiger partial charge >= 0.3 is 0 Å². The summed E-state index contributed by atoms with van der Waals surface area (Å²) in [6, 6.07) is 2.02. The molecule has 0 spiro atoms. The molecule has 2 aromatic heterocycles. The van der Waals surface area contributed by atoms with E-state index in [0.717, 1.165) is 29.4 Å². The molecule has 0 amide bonds. The highest BCUT2D eigenvalue weighted by atomic mass is 35.5. The first-order chi connectivity index (χ1) is 11.4. The number of hydrogen-bond acceptors (Lipinski definition) is 5. The minimum atomic E-state index is -0.680. The lowest BCUT2D eigenvalue weighted by Gasteiger charge is -2.25. The standard InChI is InChI=1S/C17H18ClN3O3/c1-8-4-9-14(18)19-7-20-15(9)21(8)11-10-5-17(10,6-22)13-12(11)23-16(2,3)24-13/h4,6-7,10-13H,5H2,1-3H3/t10-,11-,12+,13+,17-/m1/s1. The van der Waals surface area contributed by atoms with E-state index in [1.54, 1.807) is 0 Å². The van der Waals surface area contributed by atoms with Gasteiger partial charge in [-0.15, -0.1) is 0 Å². The van der Waals surface area contributed by atoms with Crippen LogP contribution in [-0.4, -0.2) is 38.8 Å². The van der Waals surface area contributed by atoms with E-state index in [-0.39, 0.29) is 24.2 Å². The zero-order valence-corrected chi connectivity index (χ0v) is 14.4. The largest absolute Gasteiger partial charge is 0.343 e. The number of aromatic nitrogens is 3. The monoisotopic (exact) mass is 347 g/mol. The van der Waals surface area contributed by atoms with Crippen LogP contribution in [0.2, 0.25) is 5.15 Å². The smallest absolute Gasteiger partial charge is 0.163 e. The lowest BCUT2D eigenvalue weighted by atomic mass is 10.0. The minimum absolute atomic E-state index is 0.0189. The third-order valence-corrected chi connectivity index (χ3v) is 6.11. The van der Waals surface area contributed by atoms with Crippen molar-refractivity contribution in [3.05, 3.63) is 23.2 Å². The molecule has 2 aliphatic carbocycles. The molecule has 6 nitrogen and oxygen atoms in total. The number of nitrogens with zero attached hydrogens (tertiary/aromatic N) is 3. The van der Waals surface area contributed by atoms with E-state index in [2.05, 4.69) is 14.5 Å². The van der Waals surface area contributed by atoms with Crippen molar-refractivity contribution in [2.45, 2.75) is 51.2 Å². The van der Waals surface area contributed by atoms with Crippen LogP contribution in [0, 0.1) is 18.3 Å². The van der Waals surface area contributed by atoms with Crippen molar-refractivity contribution in [2.24, 2.45) is 11.3 Å². The molecule has 5 atom stereocenters. The second-order valence-electron chi connectivity index (χ2n) is 7.61. The molecule has 0 aromatic carbocycles. The van der Waals surface area contributed by atoms with Crippen molar-refractivity contribution in [2.75, 3.05) is 0 Å². The number of aldehydes is 1. The average molecular weight is 348 g/mol. The zero-order valence-electron chi connectivity index (χ0n) is 13.7. The minimum Gasteiger partial charge on any atom is -0.343 e. The van der Waals surface area contributed by atoms with Gasteiger partial charge in [-0.25, -0.2) is 9.97 Å². The summed E-state index contributed by atoms with van der Waals surface area (Å²) in [6.45, 7) is 5.83. The number of aryl methyl sites for hydroxylation is 1. The van der Waals surface area contributed by atoms with E-state index < -0.39 is 11.2 Å². The Bertz CT molecular complexity index is 879. The highest BCUT2D eigenvalue weighted by Gasteiger charge is 2.76. The molecule has 0 N–H and O–H groups in total. The molecular formula is C17H18ClN3O3. The fourth-order valence-electron chi connectivity index (χ4n) is 4.80. The molecule has 126 valence electrons. The highest BCUT2D eigenvalue weighted by Crippen LogP contribution is 2.70. The maximum Gasteiger partial charge on any atom is 0.163 e. The molecule has 1 saturated heterocycles. The van der Waals surface area contributed by atoms with Crippen LogP contribution < -0.4 is 0 Å². The Labute approximate surface area is 144 Å². The van der Waals surface area contributed by atoms with Gasteiger partial charge < -0.3 is 18.8 Å². The predicted molar refractivity (Wildman–Crippen MR) is 86.7 cm³/mol. The van der Waals surface area contributed by atoms with Gasteiger partial charge in [0.1, 0.15) is 35.6 Å². The summed E-state index contributed by atoms with van der Waals surface area (Å²) in [5.41, 5.74) is 1.40. The lowest BCUT2D eigenvalue weighted by Crippen LogP contribution is -2.32. The van der Waals surface area contributed by atoms with Gasteiger partial charge in [0, 0.05) is 5.69 Å². The number of hydrogen-bond donors (Lipinski definition) is 0. The summed E-state index contributed by atoms with van der Waals surface area (Å²) in [7, 11) is 0. The summed E-state index contributed by atoms with van der Waals surface area (Å²) in [5.74, 6) is -0.468. The zero-order chi connectivity index (χ0) is 16.9. The molecule has 7 heteroatoms. The molecule has 0 bridgehead atoms. The number of ether oxygens (including phenoxy) is 2. The van der Waals surface area contributed by atoms with Crippen molar-refractivity contribution >= 4 is 28.9 Å². The van der Waals surface area contributed by atoms with Gasteiger partial charge in [-0.05, 0) is 39.2 Å². The molecule has 5 rings (SSSR count). The van der Waals surface area contributed by atoms with Crippen LogP contribution in [0.15, 0.2) is 12.4 Å². The quantitative estimate of drug-likeness (QED) is 0.617. The van der Waals surface area contributed by atoms with Crippen molar-refractivity contribution in [1.29, 1.82) is 0 Å². The number of halogens is 1. The van der Waals surface area contributed by atoms with Gasteiger partial charge in [-0.3, -0.25) is 0 Å². The van der Waals surface area contributed by atoms with Crippen molar-refractivity contribution in [1.82, 2.24) is 14.5 Å². The van der Waals surface area contributed by atoms with Crippen LogP contribution in [0.5, 0.6) is 0 Å². The Hall–Kier alpha value is -1.50. The van der Waals surface area contributed by atoms with Gasteiger partial charge in [0.05, 0.1) is 16.8 Å². The van der Waals surface area contributed by atoms with Crippen molar-refractivity contribution in [3.8, 4) is 0 Å². The molecule has 0 unspecified atom stereocenters. The Balaban J connectivity index is 1.69. The van der Waals surface area contributed by atoms with Crippen LogP contribution >= 0.6 is 11.6 Å². The molecular weight excluding hydrogens is 330 g/mol. The molecule has 3 fully saturated rings. The molecule has 3 aliphatic rings. The van der Waals surface area contributed by atoms with Crippen LogP contribution in [0.3, 0.4) is 0 Å². The fraction of sp³-hybridized carbons (Fsp3) is 0.588. The Kier molecular flexibility index (Phi) is 2.69. The first-order valence-corrected chi connectivity index (χ1v) is 8.56. The summed E-state index contributed by atoms with van der Waals surface area (Å²) in [5, 5.41) is 1.27. The maximum atomic E-state index is 11.9. The SMILES string of the molecule is Cc1cc2c(Cl)ncnc2n1[C@H]1[C@@H]2OC(C)(C)O[C@@H]2[C@@]2(C=O)C[C@H]12. The molecule has 2 aromatic rings. The van der Waals surface area contributed by atoms with Crippen LogP contribution in [0.25, 0.3) is 11.0 Å². The van der Waals surface area contributed by atoms with Crippen LogP contribution in [-0.2, 0) is 14.3 Å². The van der Waals surface area contributed by atoms with Gasteiger partial charge in [0.2, 0.25) is 0 Å². The number of rotatable bonds is 2. The van der Waals surface area contributed by atoms with Gasteiger partial charge in [-0.1, -0.05) is 11.6 Å². The summed E-state index contributed by atoms with van der Waals surface area (Å²) in [6.07, 6.45) is 3.02. The second kappa shape index (κ2) is 4.36.